The number of nitrogens with zero attached hydrogens (tertiary/aromatic N) is 4. The summed E-state index contributed by atoms with van der Waals surface area (Å²) in [6.07, 6.45) is 6.37. The van der Waals surface area contributed by atoms with Crippen LogP contribution >= 0.6 is 11.3 Å². The maximum Gasteiger partial charge on any atom is 0.411 e. The monoisotopic (exact) mass is 567 g/mol. The van der Waals surface area contributed by atoms with Crippen molar-refractivity contribution in [2.75, 3.05) is 13.7 Å². The molecule has 1 aliphatic carbocycles. The van der Waals surface area contributed by atoms with Crippen LogP contribution in [0.4, 0.5) is 4.79 Å². The first-order chi connectivity index (χ1) is 19.0. The highest BCUT2D eigenvalue weighted by atomic mass is 32.1. The van der Waals surface area contributed by atoms with Gasteiger partial charge in [-0.05, 0) is 39.3 Å². The predicted octanol–water partition coefficient (Wildman–Crippen LogP) is 3.69. The molecule has 3 aromatic heterocycles. The fourth-order valence-corrected chi connectivity index (χ4v) is 6.15. The van der Waals surface area contributed by atoms with Crippen LogP contribution in [0.5, 0.6) is 5.75 Å². The second-order valence-electron chi connectivity index (χ2n) is 11.1. The standard InChI is InChI=1S/C28H33N5O6S/c1-7-16-14-28(16,25(35)37-6)31-24(34)19-12-17(15-33(19)26(36)39-27(2,3)4)38-20-8-9-29-18-13-21(40-22(18)20)23-30-10-11-32(23)5/h7-11,13,16-17,19H,1,12,14-15H2,2-6H3,(H,31,34)/t16-,17-,19+,28-/m1/s1. The summed E-state index contributed by atoms with van der Waals surface area (Å²) in [7, 11) is 3.20. The Balaban J connectivity index is 1.40. The van der Waals surface area contributed by atoms with Gasteiger partial charge in [0.15, 0.2) is 0 Å². The quantitative estimate of drug-likeness (QED) is 0.339. The van der Waals surface area contributed by atoms with E-state index < -0.39 is 41.3 Å². The van der Waals surface area contributed by atoms with E-state index in [-0.39, 0.29) is 18.9 Å². The minimum absolute atomic E-state index is 0.129. The van der Waals surface area contributed by atoms with Crippen LogP contribution in [0.15, 0.2) is 43.4 Å². The molecule has 1 N–H and O–H groups in total. The van der Waals surface area contributed by atoms with Gasteiger partial charge in [-0.3, -0.25) is 14.7 Å². The first-order valence-electron chi connectivity index (χ1n) is 13.0. The van der Waals surface area contributed by atoms with Gasteiger partial charge in [-0.15, -0.1) is 17.9 Å². The number of carbonyl (C=O) groups is 3. The van der Waals surface area contributed by atoms with Crippen molar-refractivity contribution in [2.45, 2.75) is 56.9 Å². The highest BCUT2D eigenvalue weighted by Gasteiger charge is 2.62. The number of thiophene rings is 1. The second kappa shape index (κ2) is 10.2. The van der Waals surface area contributed by atoms with Crippen molar-refractivity contribution < 1.29 is 28.6 Å². The zero-order chi connectivity index (χ0) is 28.8. The molecule has 2 aliphatic rings. The third-order valence-corrected chi connectivity index (χ3v) is 8.23. The molecule has 0 spiro atoms. The molecule has 12 heteroatoms. The Bertz CT molecular complexity index is 1480. The number of fused-ring (bicyclic) bond motifs is 1. The summed E-state index contributed by atoms with van der Waals surface area (Å²) in [4.78, 5) is 50.5. The zero-order valence-corrected chi connectivity index (χ0v) is 24.0. The number of carbonyl (C=O) groups excluding carboxylic acids is 3. The summed E-state index contributed by atoms with van der Waals surface area (Å²) in [5.41, 5.74) is -1.17. The lowest BCUT2D eigenvalue weighted by molar-refractivity contribution is -0.147. The fourth-order valence-electron chi connectivity index (χ4n) is 5.04. The van der Waals surface area contributed by atoms with E-state index in [9.17, 15) is 14.4 Å². The molecule has 5 rings (SSSR count). The van der Waals surface area contributed by atoms with Crippen molar-refractivity contribution in [3.05, 3.63) is 43.4 Å². The number of nitrogens with one attached hydrogen (secondary N) is 1. The molecule has 4 atom stereocenters. The number of imidazole rings is 1. The van der Waals surface area contributed by atoms with Gasteiger partial charge in [-0.2, -0.15) is 0 Å². The van der Waals surface area contributed by atoms with E-state index in [0.717, 1.165) is 20.9 Å². The molecular weight excluding hydrogens is 534 g/mol. The van der Waals surface area contributed by atoms with Gasteiger partial charge in [0, 0.05) is 38.0 Å². The fraction of sp³-hybridized carbons (Fsp3) is 0.464. The van der Waals surface area contributed by atoms with E-state index in [2.05, 4.69) is 21.9 Å². The average Bonchev–Trinajstić information content (AvgIpc) is 3.26. The number of hydrogen-bond donors (Lipinski definition) is 1. The van der Waals surface area contributed by atoms with E-state index >= 15 is 0 Å². The van der Waals surface area contributed by atoms with Crippen LogP contribution in [-0.2, 0) is 26.1 Å². The number of methoxy groups -OCH3 is 1. The predicted molar refractivity (Wildman–Crippen MR) is 149 cm³/mol. The first kappa shape index (κ1) is 27.6. The van der Waals surface area contributed by atoms with E-state index in [1.807, 2.05) is 23.9 Å². The molecule has 2 fully saturated rings. The highest BCUT2D eigenvalue weighted by molar-refractivity contribution is 7.22. The Hall–Kier alpha value is -3.93. The van der Waals surface area contributed by atoms with Crippen LogP contribution in [0.25, 0.3) is 20.9 Å². The minimum atomic E-state index is -1.18. The Morgan fingerprint density at radius 2 is 2.02 bits per heavy atom. The maximum atomic E-state index is 13.6. The lowest BCUT2D eigenvalue weighted by atomic mass is 10.1. The first-order valence-corrected chi connectivity index (χ1v) is 13.8. The molecule has 1 saturated heterocycles. The average molecular weight is 568 g/mol. The number of aryl methyl sites for hydroxylation is 1. The van der Waals surface area contributed by atoms with E-state index in [0.29, 0.717) is 12.2 Å². The number of esters is 1. The molecular formula is C28H33N5O6S. The lowest BCUT2D eigenvalue weighted by Gasteiger charge is -2.28. The smallest absolute Gasteiger partial charge is 0.411 e. The summed E-state index contributed by atoms with van der Waals surface area (Å²) >= 11 is 1.51. The molecule has 40 heavy (non-hydrogen) atoms. The Morgan fingerprint density at radius 1 is 1.25 bits per heavy atom. The van der Waals surface area contributed by atoms with Crippen molar-refractivity contribution in [3.63, 3.8) is 0 Å². The summed E-state index contributed by atoms with van der Waals surface area (Å²) in [5.74, 6) is 0.162. The van der Waals surface area contributed by atoms with Crippen molar-refractivity contribution in [1.82, 2.24) is 24.8 Å². The van der Waals surface area contributed by atoms with Gasteiger partial charge in [0.25, 0.3) is 0 Å². The van der Waals surface area contributed by atoms with Gasteiger partial charge in [-0.1, -0.05) is 6.08 Å². The van der Waals surface area contributed by atoms with Crippen LogP contribution in [0.3, 0.4) is 0 Å². The number of amides is 2. The van der Waals surface area contributed by atoms with Crippen molar-refractivity contribution in [1.29, 1.82) is 0 Å². The molecule has 1 saturated carbocycles. The summed E-state index contributed by atoms with van der Waals surface area (Å²) in [5, 5.41) is 2.84. The number of hydrogen-bond acceptors (Lipinski definition) is 9. The molecule has 2 amide bonds. The maximum absolute atomic E-state index is 13.6. The molecule has 1 aliphatic heterocycles. The third kappa shape index (κ3) is 5.15. The second-order valence-corrected chi connectivity index (χ2v) is 12.2. The largest absolute Gasteiger partial charge is 0.487 e. The summed E-state index contributed by atoms with van der Waals surface area (Å²) in [6.45, 7) is 9.17. The van der Waals surface area contributed by atoms with Crippen LogP contribution in [0.2, 0.25) is 0 Å². The summed E-state index contributed by atoms with van der Waals surface area (Å²) < 4.78 is 19.7. The highest BCUT2D eigenvalue weighted by Crippen LogP contribution is 2.46. The van der Waals surface area contributed by atoms with E-state index in [4.69, 9.17) is 14.2 Å². The molecule has 0 unspecified atom stereocenters. The Labute approximate surface area is 236 Å². The van der Waals surface area contributed by atoms with E-state index in [1.165, 1.54) is 23.3 Å². The van der Waals surface area contributed by atoms with Crippen LogP contribution in [0.1, 0.15) is 33.6 Å². The number of likely N-dealkylation sites (tertiary alicyclic amines) is 1. The van der Waals surface area contributed by atoms with E-state index in [1.54, 1.807) is 45.3 Å². The lowest BCUT2D eigenvalue weighted by Crippen LogP contribution is -2.53. The van der Waals surface area contributed by atoms with Gasteiger partial charge in [-0.25, -0.2) is 14.6 Å². The number of aromatic nitrogens is 3. The van der Waals surface area contributed by atoms with Gasteiger partial charge in [0.1, 0.15) is 34.9 Å². The SMILES string of the molecule is C=C[C@@H]1C[C@]1(NC(=O)[C@@H]1C[C@@H](Oc2ccnc3cc(-c4nccn4C)sc23)CN1C(=O)OC(C)(C)C)C(=O)OC. The molecule has 0 aromatic carbocycles. The zero-order valence-electron chi connectivity index (χ0n) is 23.2. The molecule has 212 valence electrons. The van der Waals surface area contributed by atoms with Crippen LogP contribution in [0, 0.1) is 5.92 Å². The molecule has 3 aromatic rings. The van der Waals surface area contributed by atoms with Crippen molar-refractivity contribution in [2.24, 2.45) is 13.0 Å². The Kier molecular flexibility index (Phi) is 7.07. The summed E-state index contributed by atoms with van der Waals surface area (Å²) in [6, 6.07) is 2.83. The third-order valence-electron chi connectivity index (χ3n) is 7.10. The van der Waals surface area contributed by atoms with Crippen LogP contribution in [-0.4, -0.2) is 74.3 Å². The molecule has 0 bridgehead atoms. The number of rotatable bonds is 7. The van der Waals surface area contributed by atoms with Gasteiger partial charge >= 0.3 is 12.1 Å². The van der Waals surface area contributed by atoms with Crippen molar-refractivity contribution >= 4 is 39.5 Å². The normalized spacial score (nSPS) is 24.0. The van der Waals surface area contributed by atoms with Crippen molar-refractivity contribution in [3.8, 4) is 16.5 Å². The van der Waals surface area contributed by atoms with Gasteiger partial charge in [0.2, 0.25) is 5.91 Å². The molecule has 11 nitrogen and oxygen atoms in total. The van der Waals surface area contributed by atoms with Crippen LogP contribution < -0.4 is 10.1 Å². The van der Waals surface area contributed by atoms with Gasteiger partial charge in [0.05, 0.1) is 28.7 Å². The van der Waals surface area contributed by atoms with Gasteiger partial charge < -0.3 is 24.1 Å². The topological polar surface area (TPSA) is 125 Å². The molecule has 4 heterocycles. The minimum Gasteiger partial charge on any atom is -0.487 e. The molecule has 0 radical (unpaired) electrons. The number of pyridine rings is 1. The number of ether oxygens (including phenoxy) is 3. The Morgan fingerprint density at radius 3 is 2.65 bits per heavy atom.